The van der Waals surface area contributed by atoms with E-state index in [1.165, 1.54) is 0 Å². The second kappa shape index (κ2) is 18.7. The summed E-state index contributed by atoms with van der Waals surface area (Å²) >= 11 is 7.08. The molecule has 0 radical (unpaired) electrons. The number of hydrogen-bond donors (Lipinski definition) is 0. The van der Waals surface area contributed by atoms with Crippen LogP contribution in [0.2, 0.25) is 0 Å². The lowest BCUT2D eigenvalue weighted by Gasteiger charge is -2.33. The van der Waals surface area contributed by atoms with Crippen LogP contribution in [0.1, 0.15) is 0 Å². The van der Waals surface area contributed by atoms with Gasteiger partial charge in [-0.1, -0.05) is 167 Å². The summed E-state index contributed by atoms with van der Waals surface area (Å²) in [6.07, 6.45) is 0. The number of halogens is 2. The van der Waals surface area contributed by atoms with Crippen molar-refractivity contribution in [2.45, 2.75) is 0 Å². The molecule has 1 aliphatic rings. The third kappa shape index (κ3) is 10.3. The van der Waals surface area contributed by atoms with Crippen LogP contribution in [0.5, 0.6) is 34.5 Å². The Bertz CT molecular complexity index is 2750. The van der Waals surface area contributed by atoms with E-state index in [0.717, 1.165) is 31.2 Å². The monoisotopic (exact) mass is 1000 g/mol. The Balaban J connectivity index is 1.28. The van der Waals surface area contributed by atoms with Crippen molar-refractivity contribution >= 4 is 54.8 Å². The van der Waals surface area contributed by atoms with E-state index in [9.17, 15) is 0 Å². The quantitative estimate of drug-likeness (QED) is 0.101. The molecule has 0 aliphatic carbocycles. The standard InChI is InChI=1S/C48H36Br2N3O6P3/c49-41-29-21-37(22-30-41)39-25-33-47(34-26-39)58-61(56-45-17-9-3-10-18-45)51-60(54-43-13-5-1-6-14-43,55-44-15-7-2-8-16-44)52-62(53-61,57-46-19-11-4-12-20-46)59-48-35-27-40(28-36-48)38-23-31-42(50)32-24-38/h1-36H. The van der Waals surface area contributed by atoms with E-state index in [0.29, 0.717) is 34.5 Å². The molecule has 8 aromatic carbocycles. The van der Waals surface area contributed by atoms with Crippen LogP contribution in [0.4, 0.5) is 0 Å². The van der Waals surface area contributed by atoms with Gasteiger partial charge in [-0.25, -0.2) is 0 Å². The van der Waals surface area contributed by atoms with E-state index in [1.807, 2.05) is 218 Å². The first-order chi connectivity index (χ1) is 30.3. The van der Waals surface area contributed by atoms with Crippen LogP contribution in [0.3, 0.4) is 0 Å². The molecule has 308 valence electrons. The van der Waals surface area contributed by atoms with Gasteiger partial charge in [0, 0.05) is 8.95 Å². The van der Waals surface area contributed by atoms with Crippen LogP contribution in [-0.2, 0) is 0 Å². The van der Waals surface area contributed by atoms with E-state index in [-0.39, 0.29) is 0 Å². The zero-order valence-corrected chi connectivity index (χ0v) is 38.5. The molecule has 62 heavy (non-hydrogen) atoms. The third-order valence-corrected chi connectivity index (χ3v) is 18.2. The maximum atomic E-state index is 7.02. The lowest BCUT2D eigenvalue weighted by molar-refractivity contribution is 0.443. The molecule has 0 amide bonds. The van der Waals surface area contributed by atoms with Crippen molar-refractivity contribution in [3.8, 4) is 56.8 Å². The van der Waals surface area contributed by atoms with Crippen molar-refractivity contribution in [2.24, 2.45) is 13.5 Å². The molecule has 0 bridgehead atoms. The minimum absolute atomic E-state index is 0.429. The number of nitrogens with zero attached hydrogens (tertiary/aromatic N) is 3. The Morgan fingerprint density at radius 1 is 0.242 bits per heavy atom. The largest absolute Gasteiger partial charge is 0.460 e. The molecule has 14 heteroatoms. The molecule has 0 spiro atoms. The Morgan fingerprint density at radius 2 is 0.435 bits per heavy atom. The summed E-state index contributed by atoms with van der Waals surface area (Å²) in [5.41, 5.74) is 4.04. The molecule has 0 saturated carbocycles. The van der Waals surface area contributed by atoms with Crippen molar-refractivity contribution in [3.63, 3.8) is 0 Å². The highest BCUT2D eigenvalue weighted by atomic mass is 79.9. The molecule has 9 nitrogen and oxygen atoms in total. The molecule has 9 rings (SSSR count). The van der Waals surface area contributed by atoms with E-state index in [1.54, 1.807) is 0 Å². The molecule has 8 aromatic rings. The van der Waals surface area contributed by atoms with E-state index in [4.69, 9.17) is 40.7 Å². The lowest BCUT2D eigenvalue weighted by atomic mass is 10.1. The highest BCUT2D eigenvalue weighted by Gasteiger charge is 2.49. The molecule has 0 fully saturated rings. The van der Waals surface area contributed by atoms with Gasteiger partial charge in [-0.05, 0) is 119 Å². The minimum Gasteiger partial charge on any atom is -0.413 e. The summed E-state index contributed by atoms with van der Waals surface area (Å²) in [5.74, 6) is 2.63. The molecule has 1 heterocycles. The van der Waals surface area contributed by atoms with Crippen LogP contribution in [0.15, 0.2) is 241 Å². The van der Waals surface area contributed by atoms with Crippen molar-refractivity contribution in [1.29, 1.82) is 0 Å². The van der Waals surface area contributed by atoms with Gasteiger partial charge in [0.25, 0.3) is 0 Å². The van der Waals surface area contributed by atoms with Gasteiger partial charge in [-0.3, -0.25) is 0 Å². The maximum Gasteiger partial charge on any atom is 0.460 e. The van der Waals surface area contributed by atoms with E-state index >= 15 is 0 Å². The predicted octanol–water partition coefficient (Wildman–Crippen LogP) is 17.2. The van der Waals surface area contributed by atoms with Gasteiger partial charge < -0.3 is 27.1 Å². The molecule has 0 N–H and O–H groups in total. The van der Waals surface area contributed by atoms with Gasteiger partial charge in [0.05, 0.1) is 0 Å². The zero-order valence-electron chi connectivity index (χ0n) is 32.7. The van der Waals surface area contributed by atoms with Gasteiger partial charge >= 0.3 is 23.0 Å². The van der Waals surface area contributed by atoms with Crippen molar-refractivity contribution in [2.75, 3.05) is 0 Å². The zero-order chi connectivity index (χ0) is 42.2. The summed E-state index contributed by atoms with van der Waals surface area (Å²) in [7, 11) is -12.1. The first-order valence-electron chi connectivity index (χ1n) is 19.3. The van der Waals surface area contributed by atoms with Crippen molar-refractivity contribution < 1.29 is 27.1 Å². The normalized spacial score (nSPS) is 17.5. The molecule has 2 atom stereocenters. The van der Waals surface area contributed by atoms with Crippen LogP contribution >= 0.6 is 54.8 Å². The summed E-state index contributed by atoms with van der Waals surface area (Å²) in [6, 6.07) is 68.5. The molecule has 0 saturated heterocycles. The fourth-order valence-electron chi connectivity index (χ4n) is 6.21. The Labute approximate surface area is 377 Å². The first kappa shape index (κ1) is 41.6. The first-order valence-corrected chi connectivity index (χ1v) is 25.5. The van der Waals surface area contributed by atoms with Crippen LogP contribution < -0.4 is 27.1 Å². The average molecular weight is 1000 g/mol. The molecule has 1 aliphatic heterocycles. The lowest BCUT2D eigenvalue weighted by Crippen LogP contribution is -2.11. The Morgan fingerprint density at radius 3 is 0.661 bits per heavy atom. The van der Waals surface area contributed by atoms with E-state index < -0.39 is 23.0 Å². The summed E-state index contributed by atoms with van der Waals surface area (Å²) in [5, 5.41) is 0. The summed E-state index contributed by atoms with van der Waals surface area (Å²) in [6.45, 7) is 0. The smallest absolute Gasteiger partial charge is 0.413 e. The maximum absolute atomic E-state index is 7.02. The highest BCUT2D eigenvalue weighted by Crippen LogP contribution is 2.78. The number of rotatable bonds is 14. The van der Waals surface area contributed by atoms with Crippen LogP contribution in [-0.4, -0.2) is 0 Å². The molecular weight excluding hydrogens is 967 g/mol. The second-order valence-electron chi connectivity index (χ2n) is 13.6. The van der Waals surface area contributed by atoms with Crippen LogP contribution in [0, 0.1) is 0 Å². The van der Waals surface area contributed by atoms with Gasteiger partial charge in [0.1, 0.15) is 34.5 Å². The number of benzene rings is 8. The van der Waals surface area contributed by atoms with Crippen LogP contribution in [0.25, 0.3) is 22.3 Å². The second-order valence-corrected chi connectivity index (χ2v) is 21.6. The van der Waals surface area contributed by atoms with Gasteiger partial charge in [-0.15, -0.1) is 0 Å². The van der Waals surface area contributed by atoms with Gasteiger partial charge in [0.15, 0.2) is 0 Å². The third-order valence-electron chi connectivity index (χ3n) is 9.06. The summed E-state index contributed by atoms with van der Waals surface area (Å²) in [4.78, 5) is 0. The molecule has 2 unspecified atom stereocenters. The average Bonchev–Trinajstić information content (AvgIpc) is 3.28. The fourth-order valence-corrected chi connectivity index (χ4v) is 15.8. The van der Waals surface area contributed by atoms with Gasteiger partial charge in [0.2, 0.25) is 0 Å². The van der Waals surface area contributed by atoms with E-state index in [2.05, 4.69) is 31.9 Å². The highest BCUT2D eigenvalue weighted by molar-refractivity contribution is 9.10. The fraction of sp³-hybridized carbons (Fsp3) is 0. The topological polar surface area (TPSA) is 92.5 Å². The van der Waals surface area contributed by atoms with Crippen molar-refractivity contribution in [1.82, 2.24) is 0 Å². The summed E-state index contributed by atoms with van der Waals surface area (Å²) < 4.78 is 59.7. The SMILES string of the molecule is Brc1ccc(-c2ccc(OP3(Oc4ccccc4)=NP(Oc4ccccc4)(Oc4ccccc4)=NP(Oc4ccccc4)(Oc4ccc(-c5ccc(Br)cc5)cc4)=N3)cc2)cc1. The van der Waals surface area contributed by atoms with Crippen molar-refractivity contribution in [3.05, 3.63) is 227 Å². The number of para-hydroxylation sites is 4. The minimum atomic E-state index is -4.04. The Kier molecular flexibility index (Phi) is 12.5. The molecule has 0 aromatic heterocycles. The predicted molar refractivity (Wildman–Crippen MR) is 257 cm³/mol. The Hall–Kier alpha value is -5.79. The number of hydrogen-bond acceptors (Lipinski definition) is 9. The van der Waals surface area contributed by atoms with Gasteiger partial charge in [-0.2, -0.15) is 0 Å². The molecular formula is C48H36Br2N3O6P3.